The number of ether oxygens (including phenoxy) is 2. The summed E-state index contributed by atoms with van der Waals surface area (Å²) in [4.78, 5) is 25.3. The average Bonchev–Trinajstić information content (AvgIpc) is 3.30. The molecule has 1 heterocycles. The number of nitrogens with zero attached hydrogens (tertiary/aromatic N) is 1. The van der Waals surface area contributed by atoms with Crippen LogP contribution in [-0.2, 0) is 11.3 Å². The van der Waals surface area contributed by atoms with Gasteiger partial charge in [-0.3, -0.25) is 4.79 Å². The van der Waals surface area contributed by atoms with Crippen molar-refractivity contribution in [3.05, 3.63) is 102 Å². The van der Waals surface area contributed by atoms with Crippen LogP contribution in [0.25, 0.3) is 32.8 Å². The molecule has 0 aliphatic rings. The summed E-state index contributed by atoms with van der Waals surface area (Å²) < 4.78 is 13.0. The van der Waals surface area contributed by atoms with E-state index in [9.17, 15) is 14.7 Å². The maximum Gasteiger partial charge on any atom is 0.353 e. The molecule has 5 rings (SSSR count). The number of amides is 1. The number of aromatic carboxylic acids is 1. The zero-order valence-electron chi connectivity index (χ0n) is 21.7. The van der Waals surface area contributed by atoms with Crippen LogP contribution in [0.5, 0.6) is 5.75 Å². The molecule has 39 heavy (non-hydrogen) atoms. The number of hydrogen-bond donors (Lipinski definition) is 2. The number of benzene rings is 4. The predicted octanol–water partition coefficient (Wildman–Crippen LogP) is 6.01. The molecule has 5 aromatic rings. The molecule has 2 N–H and O–H groups in total. The highest BCUT2D eigenvalue weighted by Crippen LogP contribution is 2.36. The van der Waals surface area contributed by atoms with Crippen molar-refractivity contribution in [2.75, 3.05) is 26.9 Å². The van der Waals surface area contributed by atoms with Crippen LogP contribution in [0.4, 0.5) is 0 Å². The van der Waals surface area contributed by atoms with Gasteiger partial charge in [-0.15, -0.1) is 0 Å². The maximum atomic E-state index is 12.7. The van der Waals surface area contributed by atoms with Gasteiger partial charge in [0.25, 0.3) is 5.91 Å². The second-order valence-electron chi connectivity index (χ2n) is 9.21. The third-order valence-corrected chi connectivity index (χ3v) is 6.71. The number of methoxy groups -OCH3 is 1. The average molecular weight is 523 g/mol. The van der Waals surface area contributed by atoms with Crippen LogP contribution in [0, 0.1) is 0 Å². The Morgan fingerprint density at radius 3 is 2.44 bits per heavy atom. The van der Waals surface area contributed by atoms with Gasteiger partial charge in [-0.25, -0.2) is 4.79 Å². The van der Waals surface area contributed by atoms with E-state index in [1.165, 1.54) is 0 Å². The molecule has 1 amide bonds. The van der Waals surface area contributed by atoms with Crippen LogP contribution >= 0.6 is 0 Å². The predicted molar refractivity (Wildman–Crippen MR) is 153 cm³/mol. The Kier molecular flexibility index (Phi) is 7.89. The fourth-order valence-corrected chi connectivity index (χ4v) is 4.96. The molecule has 7 heteroatoms. The first-order chi connectivity index (χ1) is 19.1. The smallest absolute Gasteiger partial charge is 0.353 e. The van der Waals surface area contributed by atoms with Crippen molar-refractivity contribution in [3.8, 4) is 16.9 Å². The van der Waals surface area contributed by atoms with Crippen molar-refractivity contribution in [1.82, 2.24) is 9.88 Å². The van der Waals surface area contributed by atoms with Crippen molar-refractivity contribution in [1.29, 1.82) is 0 Å². The third kappa shape index (κ3) is 5.49. The van der Waals surface area contributed by atoms with E-state index in [0.717, 1.165) is 27.4 Å². The van der Waals surface area contributed by atoms with Crippen molar-refractivity contribution in [2.45, 2.75) is 13.0 Å². The van der Waals surface area contributed by atoms with Crippen LogP contribution in [0.15, 0.2) is 91.0 Å². The van der Waals surface area contributed by atoms with Gasteiger partial charge < -0.3 is 24.5 Å². The molecule has 0 radical (unpaired) electrons. The molecule has 1 aromatic heterocycles. The Hall–Kier alpha value is -4.62. The highest BCUT2D eigenvalue weighted by Gasteiger charge is 2.24. The lowest BCUT2D eigenvalue weighted by Crippen LogP contribution is -2.26. The van der Waals surface area contributed by atoms with Gasteiger partial charge in [0.05, 0.1) is 13.2 Å². The Morgan fingerprint density at radius 1 is 0.872 bits per heavy atom. The lowest BCUT2D eigenvalue weighted by molar-refractivity contribution is 0.0685. The van der Waals surface area contributed by atoms with Gasteiger partial charge in [-0.05, 0) is 41.6 Å². The summed E-state index contributed by atoms with van der Waals surface area (Å²) in [5.74, 6) is -0.448. The van der Waals surface area contributed by atoms with Gasteiger partial charge in [0, 0.05) is 47.6 Å². The highest BCUT2D eigenvalue weighted by molar-refractivity contribution is 6.09. The number of hydrogen-bond acceptors (Lipinski definition) is 4. The molecule has 0 fully saturated rings. The first-order valence-corrected chi connectivity index (χ1v) is 12.9. The van der Waals surface area contributed by atoms with E-state index in [-0.39, 0.29) is 11.6 Å². The second kappa shape index (κ2) is 11.8. The molecule has 0 unspecified atom stereocenters. The van der Waals surface area contributed by atoms with Gasteiger partial charge in [0.1, 0.15) is 11.4 Å². The van der Waals surface area contributed by atoms with Crippen LogP contribution in [0.2, 0.25) is 0 Å². The van der Waals surface area contributed by atoms with E-state index in [0.29, 0.717) is 49.4 Å². The third-order valence-electron chi connectivity index (χ3n) is 6.71. The molecule has 198 valence electrons. The van der Waals surface area contributed by atoms with Crippen molar-refractivity contribution in [3.63, 3.8) is 0 Å². The van der Waals surface area contributed by atoms with E-state index in [2.05, 4.69) is 5.32 Å². The molecular formula is C32H30N2O5. The molecule has 0 saturated carbocycles. The summed E-state index contributed by atoms with van der Waals surface area (Å²) in [6, 6.07) is 28.8. The number of nitrogens with one attached hydrogen (secondary N) is 1. The monoisotopic (exact) mass is 522 g/mol. The first-order valence-electron chi connectivity index (χ1n) is 12.9. The molecule has 0 saturated heterocycles. The van der Waals surface area contributed by atoms with Crippen LogP contribution in [-0.4, -0.2) is 48.4 Å². The zero-order chi connectivity index (χ0) is 27.2. The number of para-hydroxylation sites is 1. The van der Waals surface area contributed by atoms with E-state index in [4.69, 9.17) is 9.47 Å². The quantitative estimate of drug-likeness (QED) is 0.208. The lowest BCUT2D eigenvalue weighted by Gasteiger charge is -2.12. The topological polar surface area (TPSA) is 89.8 Å². The number of carbonyl (C=O) groups excluding carboxylic acids is 1. The number of rotatable bonds is 11. The van der Waals surface area contributed by atoms with E-state index < -0.39 is 5.97 Å². The summed E-state index contributed by atoms with van der Waals surface area (Å²) in [6.45, 7) is 1.70. The summed E-state index contributed by atoms with van der Waals surface area (Å²) in [5.41, 5.74) is 2.75. The summed E-state index contributed by atoms with van der Waals surface area (Å²) in [5, 5.41) is 16.1. The molecule has 0 atom stereocenters. The Morgan fingerprint density at radius 2 is 1.62 bits per heavy atom. The number of carbonyl (C=O) groups is 2. The van der Waals surface area contributed by atoms with E-state index in [1.807, 2.05) is 77.4 Å². The van der Waals surface area contributed by atoms with Crippen molar-refractivity contribution in [2.24, 2.45) is 0 Å². The number of fused-ring (bicyclic) bond motifs is 2. The Labute approximate surface area is 226 Å². The van der Waals surface area contributed by atoms with Crippen molar-refractivity contribution >= 4 is 33.6 Å². The SMILES string of the molecule is COCCNC(=O)c1cccc(-c2c(C(=O)O)n(CCCOc3cccc4ccccc34)c3ccccc23)c1. The summed E-state index contributed by atoms with van der Waals surface area (Å²) in [7, 11) is 1.58. The highest BCUT2D eigenvalue weighted by atomic mass is 16.5. The maximum absolute atomic E-state index is 12.7. The normalized spacial score (nSPS) is 11.1. The fraction of sp³-hybridized carbons (Fsp3) is 0.188. The molecule has 0 bridgehead atoms. The summed E-state index contributed by atoms with van der Waals surface area (Å²) >= 11 is 0. The molecule has 0 aliphatic carbocycles. The molecule has 7 nitrogen and oxygen atoms in total. The second-order valence-corrected chi connectivity index (χ2v) is 9.21. The number of aryl methyl sites for hydroxylation is 1. The van der Waals surface area contributed by atoms with Crippen LogP contribution in [0.3, 0.4) is 0 Å². The minimum atomic E-state index is -1.02. The zero-order valence-corrected chi connectivity index (χ0v) is 21.7. The Balaban J connectivity index is 1.43. The van der Waals surface area contributed by atoms with Gasteiger partial charge in [-0.2, -0.15) is 0 Å². The van der Waals surface area contributed by atoms with Gasteiger partial charge >= 0.3 is 5.97 Å². The first kappa shape index (κ1) is 26.0. The lowest BCUT2D eigenvalue weighted by atomic mass is 9.99. The molecule has 0 spiro atoms. The number of carboxylic acid groups (broad SMARTS) is 1. The molecule has 4 aromatic carbocycles. The van der Waals surface area contributed by atoms with Gasteiger partial charge in [0.2, 0.25) is 0 Å². The van der Waals surface area contributed by atoms with E-state index in [1.54, 1.807) is 25.3 Å². The van der Waals surface area contributed by atoms with Crippen LogP contribution < -0.4 is 10.1 Å². The molecular weight excluding hydrogens is 492 g/mol. The fourth-order valence-electron chi connectivity index (χ4n) is 4.96. The van der Waals surface area contributed by atoms with Crippen molar-refractivity contribution < 1.29 is 24.2 Å². The minimum Gasteiger partial charge on any atom is -0.493 e. The van der Waals surface area contributed by atoms with Gasteiger partial charge in [0.15, 0.2) is 0 Å². The largest absolute Gasteiger partial charge is 0.493 e. The minimum absolute atomic E-state index is 0.193. The number of carboxylic acids is 1. The van der Waals surface area contributed by atoms with E-state index >= 15 is 0 Å². The van der Waals surface area contributed by atoms with Crippen LogP contribution in [0.1, 0.15) is 27.3 Å². The standard InChI is InChI=1S/C32H30N2O5/c1-38-20-17-33-31(35)24-12-6-11-23(21-24)29-26-14-4-5-15-27(26)34(30(29)32(36)37)18-8-19-39-28-16-7-10-22-9-2-3-13-25(22)28/h2-7,9-16,21H,8,17-20H2,1H3,(H,33,35)(H,36,37). The molecule has 0 aliphatic heterocycles. The van der Waals surface area contributed by atoms with Gasteiger partial charge in [-0.1, -0.05) is 66.7 Å². The summed E-state index contributed by atoms with van der Waals surface area (Å²) in [6.07, 6.45) is 0.615. The Bertz CT molecular complexity index is 1630. The number of aromatic nitrogens is 1.